The fraction of sp³-hybridized carbons (Fsp3) is 0.833. The van der Waals surface area contributed by atoms with Crippen molar-refractivity contribution in [3.8, 4) is 0 Å². The van der Waals surface area contributed by atoms with Crippen molar-refractivity contribution in [3.63, 3.8) is 0 Å². The van der Waals surface area contributed by atoms with E-state index in [2.05, 4.69) is 38.2 Å². The molecule has 6 unspecified atom stereocenters. The summed E-state index contributed by atoms with van der Waals surface area (Å²) >= 11 is 0. The molecule has 1 heterocycles. The number of rotatable bonds is 34. The first-order chi connectivity index (χ1) is 25.7. The highest BCUT2D eigenvalue weighted by Crippen LogP contribution is 2.23. The third-order valence-corrected chi connectivity index (χ3v) is 9.55. The summed E-state index contributed by atoms with van der Waals surface area (Å²) < 4.78 is 21.6. The Bertz CT molecular complexity index is 984. The third-order valence-electron chi connectivity index (χ3n) is 9.55. The van der Waals surface area contributed by atoms with Gasteiger partial charge in [0.2, 0.25) is 0 Å². The van der Waals surface area contributed by atoms with Crippen LogP contribution in [0.5, 0.6) is 0 Å². The van der Waals surface area contributed by atoms with E-state index in [1.54, 1.807) is 0 Å². The van der Waals surface area contributed by atoms with E-state index in [4.69, 9.17) is 18.9 Å². The molecular weight excluding hydrogens is 680 g/mol. The molecule has 11 nitrogen and oxygen atoms in total. The Morgan fingerprint density at radius 2 is 1.06 bits per heavy atom. The molecule has 0 radical (unpaired) electrons. The van der Waals surface area contributed by atoms with Crippen LogP contribution in [0.15, 0.2) is 24.3 Å². The Balaban J connectivity index is 2.38. The number of hydrogen-bond acceptors (Lipinski definition) is 10. The number of carbonyl (C=O) groups is 3. The van der Waals surface area contributed by atoms with E-state index >= 15 is 0 Å². The number of carboxylic acids is 1. The van der Waals surface area contributed by atoms with Crippen LogP contribution < -0.4 is 0 Å². The Hall–Kier alpha value is -2.31. The van der Waals surface area contributed by atoms with Crippen LogP contribution >= 0.6 is 0 Å². The Morgan fingerprint density at radius 1 is 0.585 bits per heavy atom. The van der Waals surface area contributed by atoms with Gasteiger partial charge in [-0.2, -0.15) is 0 Å². The van der Waals surface area contributed by atoms with Crippen LogP contribution in [0.2, 0.25) is 0 Å². The van der Waals surface area contributed by atoms with Gasteiger partial charge >= 0.3 is 17.9 Å². The van der Waals surface area contributed by atoms with Crippen molar-refractivity contribution in [2.45, 2.75) is 211 Å². The SMILES string of the molecule is CCCCC/C=C\C/C=C\CCCCCCCCCC(=O)OCC(COC1OC(C(=O)O)C(O)C(O)C1O)OC(=O)CCCCCCCCCCCC. The van der Waals surface area contributed by atoms with Gasteiger partial charge in [0, 0.05) is 12.8 Å². The number of carbonyl (C=O) groups excluding carboxylic acids is 2. The molecule has 0 aromatic carbocycles. The molecule has 0 bridgehead atoms. The fourth-order valence-electron chi connectivity index (χ4n) is 6.20. The van der Waals surface area contributed by atoms with Crippen molar-refractivity contribution in [3.05, 3.63) is 24.3 Å². The quantitative estimate of drug-likeness (QED) is 0.0284. The molecule has 0 aromatic rings. The second-order valence-electron chi connectivity index (χ2n) is 14.5. The zero-order chi connectivity index (χ0) is 38.9. The van der Waals surface area contributed by atoms with Gasteiger partial charge in [-0.05, 0) is 44.9 Å². The smallest absolute Gasteiger partial charge is 0.335 e. The molecule has 0 saturated carbocycles. The van der Waals surface area contributed by atoms with Crippen LogP contribution in [0, 0.1) is 0 Å². The number of unbranched alkanes of at least 4 members (excludes halogenated alkanes) is 19. The summed E-state index contributed by atoms with van der Waals surface area (Å²) in [6.07, 6.45) is 25.2. The van der Waals surface area contributed by atoms with Crippen molar-refractivity contribution in [1.29, 1.82) is 0 Å². The highest BCUT2D eigenvalue weighted by molar-refractivity contribution is 5.73. The average molecular weight is 755 g/mol. The predicted octanol–water partition coefficient (Wildman–Crippen LogP) is 8.25. The first-order valence-electron chi connectivity index (χ1n) is 20.9. The van der Waals surface area contributed by atoms with Gasteiger partial charge in [0.15, 0.2) is 18.5 Å². The molecule has 1 saturated heterocycles. The molecule has 6 atom stereocenters. The van der Waals surface area contributed by atoms with Crippen molar-refractivity contribution < 1.29 is 53.8 Å². The van der Waals surface area contributed by atoms with Crippen LogP contribution in [0.25, 0.3) is 0 Å². The predicted molar refractivity (Wildman–Crippen MR) is 206 cm³/mol. The number of allylic oxidation sites excluding steroid dienone is 4. The van der Waals surface area contributed by atoms with E-state index in [-0.39, 0.29) is 26.1 Å². The minimum Gasteiger partial charge on any atom is -0.479 e. The van der Waals surface area contributed by atoms with Gasteiger partial charge in [0.25, 0.3) is 0 Å². The third kappa shape index (κ3) is 25.4. The molecule has 0 spiro atoms. The topological polar surface area (TPSA) is 169 Å². The van der Waals surface area contributed by atoms with Crippen molar-refractivity contribution >= 4 is 17.9 Å². The molecule has 0 aliphatic carbocycles. The van der Waals surface area contributed by atoms with E-state index in [0.29, 0.717) is 12.8 Å². The minimum absolute atomic E-state index is 0.184. The monoisotopic (exact) mass is 755 g/mol. The first-order valence-corrected chi connectivity index (χ1v) is 20.9. The van der Waals surface area contributed by atoms with Crippen molar-refractivity contribution in [2.24, 2.45) is 0 Å². The van der Waals surface area contributed by atoms with Crippen LogP contribution in [0.4, 0.5) is 0 Å². The Labute approximate surface area is 319 Å². The second-order valence-corrected chi connectivity index (χ2v) is 14.5. The van der Waals surface area contributed by atoms with Gasteiger partial charge in [0.05, 0.1) is 6.61 Å². The van der Waals surface area contributed by atoms with Gasteiger partial charge in [-0.15, -0.1) is 0 Å². The Kier molecular flexibility index (Phi) is 30.4. The number of carboxylic acid groups (broad SMARTS) is 1. The van der Waals surface area contributed by atoms with E-state index in [1.807, 2.05) is 0 Å². The maximum Gasteiger partial charge on any atom is 0.335 e. The molecule has 4 N–H and O–H groups in total. The second kappa shape index (κ2) is 33.1. The summed E-state index contributed by atoms with van der Waals surface area (Å²) in [5.74, 6) is -2.45. The van der Waals surface area contributed by atoms with E-state index in [9.17, 15) is 34.8 Å². The summed E-state index contributed by atoms with van der Waals surface area (Å²) in [4.78, 5) is 36.6. The zero-order valence-electron chi connectivity index (χ0n) is 33.0. The summed E-state index contributed by atoms with van der Waals surface area (Å²) in [5.41, 5.74) is 0. The fourth-order valence-corrected chi connectivity index (χ4v) is 6.20. The minimum atomic E-state index is -1.86. The molecule has 1 rings (SSSR count). The standard InChI is InChI=1S/C42H74O11/c1-3-5-7-9-11-13-15-16-17-18-19-20-21-23-24-26-28-30-35(43)50-32-34(33-51-42-39(47)37(45)38(46)40(53-42)41(48)49)52-36(44)31-29-27-25-22-14-12-10-8-6-4-2/h11,13,16-17,34,37-40,42,45-47H,3-10,12,14-15,18-33H2,1-2H3,(H,48,49)/b13-11-,17-16-. The molecular formula is C42H74O11. The summed E-state index contributed by atoms with van der Waals surface area (Å²) in [6.45, 7) is 3.75. The Morgan fingerprint density at radius 3 is 1.60 bits per heavy atom. The van der Waals surface area contributed by atoms with Crippen LogP contribution in [-0.4, -0.2) is 88.4 Å². The first kappa shape index (κ1) is 48.7. The molecule has 11 heteroatoms. The maximum atomic E-state index is 12.7. The average Bonchev–Trinajstić information content (AvgIpc) is 3.14. The lowest BCUT2D eigenvalue weighted by Crippen LogP contribution is -2.60. The van der Waals surface area contributed by atoms with Gasteiger partial charge < -0.3 is 39.4 Å². The number of aliphatic hydroxyl groups is 3. The summed E-state index contributed by atoms with van der Waals surface area (Å²) in [5, 5.41) is 39.7. The van der Waals surface area contributed by atoms with E-state index in [1.165, 1.54) is 83.5 Å². The number of ether oxygens (including phenoxy) is 4. The lowest BCUT2D eigenvalue weighted by molar-refractivity contribution is -0.298. The number of aliphatic hydroxyl groups excluding tert-OH is 3. The molecule has 1 aliphatic rings. The molecule has 0 aromatic heterocycles. The lowest BCUT2D eigenvalue weighted by Gasteiger charge is -2.38. The van der Waals surface area contributed by atoms with Crippen LogP contribution in [0.3, 0.4) is 0 Å². The molecule has 1 fully saturated rings. The number of hydrogen-bond donors (Lipinski definition) is 4. The van der Waals surface area contributed by atoms with Crippen molar-refractivity contribution in [1.82, 2.24) is 0 Å². The number of esters is 2. The molecule has 1 aliphatic heterocycles. The maximum absolute atomic E-state index is 12.7. The van der Waals surface area contributed by atoms with E-state index < -0.39 is 54.7 Å². The lowest BCUT2D eigenvalue weighted by atomic mass is 9.99. The number of aliphatic carboxylic acids is 1. The van der Waals surface area contributed by atoms with Crippen LogP contribution in [-0.2, 0) is 33.3 Å². The largest absolute Gasteiger partial charge is 0.479 e. The van der Waals surface area contributed by atoms with Gasteiger partial charge in [0.1, 0.15) is 24.9 Å². The van der Waals surface area contributed by atoms with Gasteiger partial charge in [-0.1, -0.05) is 141 Å². The van der Waals surface area contributed by atoms with Gasteiger partial charge in [-0.3, -0.25) is 9.59 Å². The highest BCUT2D eigenvalue weighted by atomic mass is 16.7. The van der Waals surface area contributed by atoms with Crippen LogP contribution in [0.1, 0.15) is 174 Å². The molecule has 53 heavy (non-hydrogen) atoms. The molecule has 308 valence electrons. The normalized spacial score (nSPS) is 21.0. The zero-order valence-corrected chi connectivity index (χ0v) is 33.0. The van der Waals surface area contributed by atoms with E-state index in [0.717, 1.165) is 51.4 Å². The molecule has 0 amide bonds. The summed E-state index contributed by atoms with van der Waals surface area (Å²) in [6, 6.07) is 0. The van der Waals surface area contributed by atoms with Crippen molar-refractivity contribution in [2.75, 3.05) is 13.2 Å². The highest BCUT2D eigenvalue weighted by Gasteiger charge is 2.47. The summed E-state index contributed by atoms with van der Waals surface area (Å²) in [7, 11) is 0. The van der Waals surface area contributed by atoms with Gasteiger partial charge in [-0.25, -0.2) is 4.79 Å².